The Balaban J connectivity index is 2.32. The van der Waals surface area contributed by atoms with E-state index < -0.39 is 12.3 Å². The number of esters is 1. The fourth-order valence-electron chi connectivity index (χ4n) is 1.89. The summed E-state index contributed by atoms with van der Waals surface area (Å²) in [5, 5.41) is 4.06. The first-order valence-corrected chi connectivity index (χ1v) is 6.61. The Bertz CT molecular complexity index is 709. The van der Waals surface area contributed by atoms with E-state index in [-0.39, 0.29) is 23.9 Å². The minimum absolute atomic E-state index is 0.0555. The van der Waals surface area contributed by atoms with E-state index in [0.717, 1.165) is 12.1 Å². The van der Waals surface area contributed by atoms with Crippen LogP contribution in [0.3, 0.4) is 0 Å². The number of anilines is 1. The molecule has 0 aliphatic heterocycles. The summed E-state index contributed by atoms with van der Waals surface area (Å²) in [6, 6.07) is 4.95. The van der Waals surface area contributed by atoms with Gasteiger partial charge in [-0.3, -0.25) is 0 Å². The zero-order valence-corrected chi connectivity index (χ0v) is 12.3. The van der Waals surface area contributed by atoms with Gasteiger partial charge in [0.2, 0.25) is 0 Å². The molecular weight excluding hydrogens is 315 g/mol. The summed E-state index contributed by atoms with van der Waals surface area (Å²) in [4.78, 5) is 11.8. The molecule has 0 spiro atoms. The summed E-state index contributed by atoms with van der Waals surface area (Å²) in [7, 11) is 0. The van der Waals surface area contributed by atoms with Crippen LogP contribution in [0.5, 0.6) is 5.75 Å². The van der Waals surface area contributed by atoms with Crippen molar-refractivity contribution in [3.05, 3.63) is 35.5 Å². The molecule has 0 bridgehead atoms. The lowest BCUT2D eigenvalue weighted by molar-refractivity contribution is -0.274. The third-order valence-corrected chi connectivity index (χ3v) is 2.95. The highest BCUT2D eigenvalue weighted by molar-refractivity contribution is 5.90. The van der Waals surface area contributed by atoms with Crippen molar-refractivity contribution >= 4 is 11.8 Å². The fourth-order valence-corrected chi connectivity index (χ4v) is 1.89. The van der Waals surface area contributed by atoms with E-state index in [2.05, 4.69) is 9.84 Å². The standard InChI is InChI=1S/C14H14F3N3O3/c1-3-22-13(21)11-8(2)12(18)20(19-11)9-4-6-10(7-5-9)23-14(15,16)17/h4-7H,3,18H2,1-2H3. The first-order valence-electron chi connectivity index (χ1n) is 6.61. The van der Waals surface area contributed by atoms with Crippen LogP contribution < -0.4 is 10.5 Å². The molecule has 0 aliphatic carbocycles. The Kier molecular flexibility index (Phi) is 4.48. The van der Waals surface area contributed by atoms with Gasteiger partial charge < -0.3 is 15.2 Å². The number of rotatable bonds is 4. The Morgan fingerprint density at radius 1 is 1.30 bits per heavy atom. The summed E-state index contributed by atoms with van der Waals surface area (Å²) < 4.78 is 46.3. The average molecular weight is 329 g/mol. The molecule has 0 saturated carbocycles. The molecule has 0 saturated heterocycles. The van der Waals surface area contributed by atoms with Crippen LogP contribution in [0.4, 0.5) is 19.0 Å². The predicted molar refractivity (Wildman–Crippen MR) is 75.4 cm³/mol. The third kappa shape index (κ3) is 3.74. The largest absolute Gasteiger partial charge is 0.573 e. The first kappa shape index (κ1) is 16.7. The molecule has 2 aromatic rings. The number of benzene rings is 1. The van der Waals surface area contributed by atoms with Gasteiger partial charge in [0, 0.05) is 5.56 Å². The van der Waals surface area contributed by atoms with E-state index in [1.807, 2.05) is 0 Å². The molecule has 0 amide bonds. The van der Waals surface area contributed by atoms with E-state index in [4.69, 9.17) is 10.5 Å². The molecule has 1 aromatic carbocycles. The minimum Gasteiger partial charge on any atom is -0.461 e. The molecule has 9 heteroatoms. The van der Waals surface area contributed by atoms with Crippen LogP contribution in [0.15, 0.2) is 24.3 Å². The number of carbonyl (C=O) groups excluding carboxylic acids is 1. The van der Waals surface area contributed by atoms with Gasteiger partial charge in [-0.05, 0) is 38.1 Å². The van der Waals surface area contributed by atoms with Gasteiger partial charge in [-0.25, -0.2) is 9.48 Å². The second-order valence-electron chi connectivity index (χ2n) is 4.53. The molecule has 0 fully saturated rings. The Morgan fingerprint density at radius 2 is 1.91 bits per heavy atom. The second-order valence-corrected chi connectivity index (χ2v) is 4.53. The number of alkyl halides is 3. The van der Waals surface area contributed by atoms with Crippen molar-refractivity contribution < 1.29 is 27.4 Å². The van der Waals surface area contributed by atoms with Crippen LogP contribution in [0.2, 0.25) is 0 Å². The smallest absolute Gasteiger partial charge is 0.461 e. The van der Waals surface area contributed by atoms with Gasteiger partial charge in [0.25, 0.3) is 0 Å². The maximum Gasteiger partial charge on any atom is 0.573 e. The van der Waals surface area contributed by atoms with E-state index in [1.165, 1.54) is 16.8 Å². The number of carbonyl (C=O) groups is 1. The Morgan fingerprint density at radius 3 is 2.43 bits per heavy atom. The lowest BCUT2D eigenvalue weighted by Gasteiger charge is -2.09. The lowest BCUT2D eigenvalue weighted by Crippen LogP contribution is -2.17. The number of nitrogens with two attached hydrogens (primary N) is 1. The molecule has 23 heavy (non-hydrogen) atoms. The van der Waals surface area contributed by atoms with Gasteiger partial charge in [0.15, 0.2) is 5.69 Å². The van der Waals surface area contributed by atoms with Gasteiger partial charge in [0.1, 0.15) is 11.6 Å². The number of nitrogens with zero attached hydrogens (tertiary/aromatic N) is 2. The Labute approximate surface area is 129 Å². The molecule has 1 heterocycles. The van der Waals surface area contributed by atoms with E-state index >= 15 is 0 Å². The first-order chi connectivity index (χ1) is 10.7. The number of nitrogen functional groups attached to an aromatic ring is 1. The molecular formula is C14H14F3N3O3. The van der Waals surface area contributed by atoms with Crippen LogP contribution in [0.25, 0.3) is 5.69 Å². The molecule has 0 atom stereocenters. The van der Waals surface area contributed by atoms with Crippen molar-refractivity contribution in [2.45, 2.75) is 20.2 Å². The van der Waals surface area contributed by atoms with E-state index in [0.29, 0.717) is 11.3 Å². The van der Waals surface area contributed by atoms with Crippen molar-refractivity contribution in [3.8, 4) is 11.4 Å². The molecule has 6 nitrogen and oxygen atoms in total. The van der Waals surface area contributed by atoms with E-state index in [1.54, 1.807) is 13.8 Å². The van der Waals surface area contributed by atoms with Crippen molar-refractivity contribution in [1.29, 1.82) is 0 Å². The summed E-state index contributed by atoms with van der Waals surface area (Å²) in [6.45, 7) is 3.45. The molecule has 0 unspecified atom stereocenters. The minimum atomic E-state index is -4.76. The summed E-state index contributed by atoms with van der Waals surface area (Å²) in [5.74, 6) is -0.792. The van der Waals surface area contributed by atoms with Crippen LogP contribution in [-0.4, -0.2) is 28.7 Å². The van der Waals surface area contributed by atoms with Gasteiger partial charge in [0.05, 0.1) is 12.3 Å². The second kappa shape index (κ2) is 6.19. The summed E-state index contributed by atoms with van der Waals surface area (Å²) in [5.41, 5.74) is 6.76. The highest BCUT2D eigenvalue weighted by Gasteiger charge is 2.31. The monoisotopic (exact) mass is 329 g/mol. The zero-order valence-electron chi connectivity index (χ0n) is 12.3. The van der Waals surface area contributed by atoms with E-state index in [9.17, 15) is 18.0 Å². The zero-order chi connectivity index (χ0) is 17.2. The van der Waals surface area contributed by atoms with Crippen molar-refractivity contribution in [2.75, 3.05) is 12.3 Å². The molecule has 2 N–H and O–H groups in total. The van der Waals surface area contributed by atoms with Gasteiger partial charge in [-0.15, -0.1) is 13.2 Å². The Hall–Kier alpha value is -2.71. The predicted octanol–water partition coefficient (Wildman–Crippen LogP) is 2.84. The fraction of sp³-hybridized carbons (Fsp3) is 0.286. The molecule has 2 rings (SSSR count). The number of halogens is 3. The number of hydrogen-bond donors (Lipinski definition) is 1. The quantitative estimate of drug-likeness (QED) is 0.873. The van der Waals surface area contributed by atoms with Gasteiger partial charge in [-0.2, -0.15) is 5.10 Å². The van der Waals surface area contributed by atoms with Crippen LogP contribution >= 0.6 is 0 Å². The summed E-state index contributed by atoms with van der Waals surface area (Å²) >= 11 is 0. The third-order valence-electron chi connectivity index (χ3n) is 2.95. The van der Waals surface area contributed by atoms with Crippen molar-refractivity contribution in [2.24, 2.45) is 0 Å². The highest BCUT2D eigenvalue weighted by atomic mass is 19.4. The average Bonchev–Trinajstić information content (AvgIpc) is 2.75. The SMILES string of the molecule is CCOC(=O)c1nn(-c2ccc(OC(F)(F)F)cc2)c(N)c1C. The molecule has 1 aromatic heterocycles. The van der Waals surface area contributed by atoms with Crippen LogP contribution in [0.1, 0.15) is 23.0 Å². The van der Waals surface area contributed by atoms with Crippen LogP contribution in [0, 0.1) is 6.92 Å². The topological polar surface area (TPSA) is 79.4 Å². The highest BCUT2D eigenvalue weighted by Crippen LogP contribution is 2.25. The number of hydrogen-bond acceptors (Lipinski definition) is 5. The maximum atomic E-state index is 12.1. The number of ether oxygens (including phenoxy) is 2. The summed E-state index contributed by atoms with van der Waals surface area (Å²) in [6.07, 6.45) is -4.76. The maximum absolute atomic E-state index is 12.1. The van der Waals surface area contributed by atoms with Gasteiger partial charge >= 0.3 is 12.3 Å². The number of aromatic nitrogens is 2. The van der Waals surface area contributed by atoms with Crippen LogP contribution in [-0.2, 0) is 4.74 Å². The van der Waals surface area contributed by atoms with Gasteiger partial charge in [-0.1, -0.05) is 0 Å². The lowest BCUT2D eigenvalue weighted by atomic mass is 10.2. The normalized spacial score (nSPS) is 11.3. The molecule has 0 aliphatic rings. The van der Waals surface area contributed by atoms with Crippen molar-refractivity contribution in [3.63, 3.8) is 0 Å². The van der Waals surface area contributed by atoms with Crippen molar-refractivity contribution in [1.82, 2.24) is 9.78 Å². The molecule has 124 valence electrons. The molecule has 0 radical (unpaired) electrons.